The van der Waals surface area contributed by atoms with Gasteiger partial charge in [-0.05, 0) is 13.0 Å². The van der Waals surface area contributed by atoms with E-state index < -0.39 is 21.8 Å². The first-order chi connectivity index (χ1) is 6.05. The Kier molecular flexibility index (Phi) is 3.27. The summed E-state index contributed by atoms with van der Waals surface area (Å²) < 4.78 is 27.0. The lowest BCUT2D eigenvalue weighted by atomic mass is 10.3. The van der Waals surface area contributed by atoms with Crippen molar-refractivity contribution in [3.05, 3.63) is 0 Å². The van der Waals surface area contributed by atoms with Gasteiger partial charge in [-0.25, -0.2) is 8.42 Å². The molecule has 1 atom stereocenters. The largest absolute Gasteiger partial charge is 0.468 e. The minimum Gasteiger partial charge on any atom is -0.468 e. The fourth-order valence-electron chi connectivity index (χ4n) is 1.26. The van der Waals surface area contributed by atoms with Crippen molar-refractivity contribution in [3.8, 4) is 0 Å². The summed E-state index contributed by atoms with van der Waals surface area (Å²) >= 11 is 0. The van der Waals surface area contributed by atoms with Crippen LogP contribution < -0.4 is 5.32 Å². The summed E-state index contributed by atoms with van der Waals surface area (Å²) in [5, 5.41) is 2.83. The molecule has 0 aromatic heterocycles. The molecule has 0 aromatic carbocycles. The van der Waals surface area contributed by atoms with Crippen molar-refractivity contribution in [2.75, 3.05) is 25.2 Å². The van der Waals surface area contributed by atoms with E-state index in [1.54, 1.807) is 0 Å². The maximum atomic E-state index is 11.3. The van der Waals surface area contributed by atoms with Crippen LogP contribution in [0.4, 0.5) is 0 Å². The van der Waals surface area contributed by atoms with E-state index in [1.807, 2.05) is 0 Å². The molecule has 1 rings (SSSR count). The first-order valence-corrected chi connectivity index (χ1v) is 5.89. The molecule has 1 fully saturated rings. The fourth-order valence-corrected chi connectivity index (χ4v) is 2.77. The molecule has 1 aliphatic heterocycles. The standard InChI is InChI=1S/C7H13NO4S/c1-12-7(9)6-5-13(10,11)4-2-3-8-6/h6,8H,2-5H2,1H3. The monoisotopic (exact) mass is 207 g/mol. The molecule has 1 heterocycles. The number of esters is 1. The normalized spacial score (nSPS) is 27.6. The summed E-state index contributed by atoms with van der Waals surface area (Å²) in [6.07, 6.45) is 0.551. The van der Waals surface area contributed by atoms with Gasteiger partial charge in [-0.3, -0.25) is 4.79 Å². The molecule has 0 saturated carbocycles. The summed E-state index contributed by atoms with van der Waals surface area (Å²) in [5.74, 6) is -0.516. The number of sulfone groups is 1. The molecular weight excluding hydrogens is 194 g/mol. The maximum absolute atomic E-state index is 11.3. The molecule has 0 bridgehead atoms. The lowest BCUT2D eigenvalue weighted by molar-refractivity contribution is -0.142. The Morgan fingerprint density at radius 3 is 2.85 bits per heavy atom. The second-order valence-electron chi connectivity index (χ2n) is 3.00. The molecule has 0 aromatic rings. The third-order valence-electron chi connectivity index (χ3n) is 1.93. The molecule has 0 aliphatic carbocycles. The summed E-state index contributed by atoms with van der Waals surface area (Å²) in [4.78, 5) is 11.1. The van der Waals surface area contributed by atoms with E-state index in [9.17, 15) is 13.2 Å². The van der Waals surface area contributed by atoms with E-state index in [1.165, 1.54) is 7.11 Å². The molecule has 13 heavy (non-hydrogen) atoms. The molecule has 0 amide bonds. The molecule has 1 unspecified atom stereocenters. The van der Waals surface area contributed by atoms with E-state index in [4.69, 9.17) is 0 Å². The zero-order valence-electron chi connectivity index (χ0n) is 7.45. The average Bonchev–Trinajstić information content (AvgIpc) is 2.25. The molecular formula is C7H13NO4S. The first-order valence-electron chi connectivity index (χ1n) is 4.07. The third-order valence-corrected chi connectivity index (χ3v) is 3.68. The molecule has 1 N–H and O–H groups in total. The maximum Gasteiger partial charge on any atom is 0.323 e. The summed E-state index contributed by atoms with van der Waals surface area (Å²) in [5.41, 5.74) is 0. The predicted molar refractivity (Wildman–Crippen MR) is 47.1 cm³/mol. The molecule has 76 valence electrons. The van der Waals surface area contributed by atoms with Crippen LogP contribution in [0.5, 0.6) is 0 Å². The zero-order chi connectivity index (χ0) is 9.90. The number of ether oxygens (including phenoxy) is 1. The van der Waals surface area contributed by atoms with E-state index in [2.05, 4.69) is 10.1 Å². The minimum atomic E-state index is -3.09. The smallest absolute Gasteiger partial charge is 0.323 e. The van der Waals surface area contributed by atoms with Gasteiger partial charge in [-0.1, -0.05) is 0 Å². The lowest BCUT2D eigenvalue weighted by Crippen LogP contribution is -2.41. The molecule has 1 saturated heterocycles. The van der Waals surface area contributed by atoms with Gasteiger partial charge in [-0.2, -0.15) is 0 Å². The van der Waals surface area contributed by atoms with Crippen molar-refractivity contribution in [2.45, 2.75) is 12.5 Å². The Labute approximate surface area is 77.4 Å². The second-order valence-corrected chi connectivity index (χ2v) is 5.23. The number of rotatable bonds is 1. The minimum absolute atomic E-state index is 0.146. The second kappa shape index (κ2) is 4.06. The first kappa shape index (κ1) is 10.5. The number of carbonyl (C=O) groups is 1. The highest BCUT2D eigenvalue weighted by Gasteiger charge is 2.28. The van der Waals surface area contributed by atoms with E-state index in [0.29, 0.717) is 13.0 Å². The number of carbonyl (C=O) groups excluding carboxylic acids is 1. The van der Waals surface area contributed by atoms with E-state index in [0.717, 1.165) is 0 Å². The highest BCUT2D eigenvalue weighted by molar-refractivity contribution is 7.91. The van der Waals surface area contributed by atoms with Crippen LogP contribution in [0, 0.1) is 0 Å². The zero-order valence-corrected chi connectivity index (χ0v) is 8.26. The quantitative estimate of drug-likeness (QED) is 0.555. The van der Waals surface area contributed by atoms with Gasteiger partial charge in [0.25, 0.3) is 0 Å². The van der Waals surface area contributed by atoms with Crippen molar-refractivity contribution in [1.82, 2.24) is 5.32 Å². The Hall–Kier alpha value is -0.620. The Morgan fingerprint density at radius 2 is 2.23 bits per heavy atom. The van der Waals surface area contributed by atoms with Crippen molar-refractivity contribution < 1.29 is 17.9 Å². The topological polar surface area (TPSA) is 72.5 Å². The van der Waals surface area contributed by atoms with Gasteiger partial charge < -0.3 is 10.1 Å². The van der Waals surface area contributed by atoms with Gasteiger partial charge >= 0.3 is 5.97 Å². The fraction of sp³-hybridized carbons (Fsp3) is 0.857. The summed E-state index contributed by atoms with van der Waals surface area (Å²) in [7, 11) is -1.84. The van der Waals surface area contributed by atoms with Crippen LogP contribution in [-0.4, -0.2) is 45.6 Å². The van der Waals surface area contributed by atoms with E-state index in [-0.39, 0.29) is 11.5 Å². The summed E-state index contributed by atoms with van der Waals surface area (Å²) in [6, 6.07) is -0.697. The van der Waals surface area contributed by atoms with Crippen LogP contribution in [0.25, 0.3) is 0 Å². The molecule has 0 radical (unpaired) electrons. The van der Waals surface area contributed by atoms with Gasteiger partial charge in [-0.15, -0.1) is 0 Å². The van der Waals surface area contributed by atoms with Crippen LogP contribution in [0.2, 0.25) is 0 Å². The molecule has 6 heteroatoms. The Balaban J connectivity index is 2.71. The summed E-state index contributed by atoms with van der Waals surface area (Å²) in [6.45, 7) is 0.541. The molecule has 5 nitrogen and oxygen atoms in total. The van der Waals surface area contributed by atoms with Gasteiger partial charge in [0.15, 0.2) is 9.84 Å². The third kappa shape index (κ3) is 2.96. The van der Waals surface area contributed by atoms with Crippen LogP contribution in [0.1, 0.15) is 6.42 Å². The van der Waals surface area contributed by atoms with Crippen LogP contribution >= 0.6 is 0 Å². The Bertz CT molecular complexity index is 285. The SMILES string of the molecule is COC(=O)C1CS(=O)(=O)CCCN1. The number of hydrogen-bond donors (Lipinski definition) is 1. The van der Waals surface area contributed by atoms with Gasteiger partial charge in [0, 0.05) is 0 Å². The highest BCUT2D eigenvalue weighted by atomic mass is 32.2. The predicted octanol–water partition coefficient (Wildman–Crippen LogP) is -1.06. The van der Waals surface area contributed by atoms with Crippen molar-refractivity contribution >= 4 is 15.8 Å². The van der Waals surface area contributed by atoms with Crippen molar-refractivity contribution in [1.29, 1.82) is 0 Å². The van der Waals surface area contributed by atoms with Crippen LogP contribution in [-0.2, 0) is 19.4 Å². The van der Waals surface area contributed by atoms with Gasteiger partial charge in [0.1, 0.15) is 6.04 Å². The Morgan fingerprint density at radius 1 is 1.54 bits per heavy atom. The number of hydrogen-bond acceptors (Lipinski definition) is 5. The van der Waals surface area contributed by atoms with E-state index >= 15 is 0 Å². The molecule has 1 aliphatic rings. The molecule has 0 spiro atoms. The number of nitrogens with one attached hydrogen (secondary N) is 1. The van der Waals surface area contributed by atoms with Crippen molar-refractivity contribution in [3.63, 3.8) is 0 Å². The lowest BCUT2D eigenvalue weighted by Gasteiger charge is -2.11. The van der Waals surface area contributed by atoms with Gasteiger partial charge in [0.2, 0.25) is 0 Å². The highest BCUT2D eigenvalue weighted by Crippen LogP contribution is 2.03. The van der Waals surface area contributed by atoms with Crippen molar-refractivity contribution in [2.24, 2.45) is 0 Å². The van der Waals surface area contributed by atoms with Crippen LogP contribution in [0.3, 0.4) is 0 Å². The van der Waals surface area contributed by atoms with Crippen LogP contribution in [0.15, 0.2) is 0 Å². The number of methoxy groups -OCH3 is 1. The van der Waals surface area contributed by atoms with Gasteiger partial charge in [0.05, 0.1) is 18.6 Å². The average molecular weight is 207 g/mol.